The van der Waals surface area contributed by atoms with E-state index in [1.807, 2.05) is 0 Å². The largest absolute Gasteiger partial charge is 0.478 e. The number of carbonyl (C=O) groups is 1. The highest BCUT2D eigenvalue weighted by molar-refractivity contribution is 6.33. The molecule has 0 aliphatic rings. The number of nitrogens with two attached hydrogens (primary N) is 1. The molecule has 0 spiro atoms. The number of rotatable bonds is 4. The van der Waals surface area contributed by atoms with E-state index in [-0.39, 0.29) is 22.0 Å². The second-order valence-electron chi connectivity index (χ2n) is 3.39. The molecule has 0 fully saturated rings. The van der Waals surface area contributed by atoms with Gasteiger partial charge < -0.3 is 16.2 Å². The molecule has 1 rings (SSSR count). The first-order valence-electron chi connectivity index (χ1n) is 5.11. The molecule has 0 aliphatic heterocycles. The van der Waals surface area contributed by atoms with Crippen molar-refractivity contribution in [2.45, 2.75) is 0 Å². The van der Waals surface area contributed by atoms with E-state index in [9.17, 15) is 4.79 Å². The number of nitrogens with zero attached hydrogens (tertiary/aromatic N) is 3. The number of carboxylic acid groups (broad SMARTS) is 1. The summed E-state index contributed by atoms with van der Waals surface area (Å²) in [5, 5.41) is 29.0. The van der Waals surface area contributed by atoms with Crippen molar-refractivity contribution in [3.05, 3.63) is 40.2 Å². The minimum absolute atomic E-state index is 0.0397. The summed E-state index contributed by atoms with van der Waals surface area (Å²) in [7, 11) is 0. The molecular weight excluding hydrogens is 282 g/mol. The smallest absolute Gasteiger partial charge is 0.335 e. The van der Waals surface area contributed by atoms with Crippen LogP contribution < -0.4 is 11.1 Å². The maximum Gasteiger partial charge on any atom is 0.335 e. The van der Waals surface area contributed by atoms with Gasteiger partial charge in [0.2, 0.25) is 0 Å². The van der Waals surface area contributed by atoms with Gasteiger partial charge in [-0.05, 0) is 18.2 Å². The fourth-order valence-electron chi connectivity index (χ4n) is 1.15. The van der Waals surface area contributed by atoms with Crippen LogP contribution in [-0.2, 0) is 0 Å². The van der Waals surface area contributed by atoms with Crippen LogP contribution >= 0.6 is 11.6 Å². The molecular formula is C12H8ClN5O2. The second kappa shape index (κ2) is 6.78. The third-order valence-electron chi connectivity index (χ3n) is 2.11. The number of allylic oxidation sites excluding steroid dienone is 2. The predicted molar refractivity (Wildman–Crippen MR) is 73.0 cm³/mol. The second-order valence-corrected chi connectivity index (χ2v) is 3.80. The molecule has 0 atom stereocenters. The zero-order chi connectivity index (χ0) is 15.1. The Morgan fingerprint density at radius 1 is 1.45 bits per heavy atom. The van der Waals surface area contributed by atoms with Gasteiger partial charge in [-0.1, -0.05) is 11.6 Å². The minimum atomic E-state index is -1.10. The molecule has 0 unspecified atom stereocenters. The van der Waals surface area contributed by atoms with Gasteiger partial charge in [0, 0.05) is 0 Å². The van der Waals surface area contributed by atoms with Crippen LogP contribution in [0.2, 0.25) is 5.02 Å². The molecule has 0 aliphatic carbocycles. The van der Waals surface area contributed by atoms with Crippen molar-refractivity contribution in [3.63, 3.8) is 0 Å². The number of carboxylic acids is 1. The number of hydrogen-bond acceptors (Lipinski definition) is 5. The Balaban J connectivity index is 2.96. The van der Waals surface area contributed by atoms with E-state index in [1.165, 1.54) is 18.2 Å². The Labute approximate surface area is 119 Å². The maximum atomic E-state index is 10.8. The third kappa shape index (κ3) is 3.73. The lowest BCUT2D eigenvalue weighted by atomic mass is 10.2. The minimum Gasteiger partial charge on any atom is -0.478 e. The van der Waals surface area contributed by atoms with Crippen LogP contribution in [0.25, 0.3) is 0 Å². The van der Waals surface area contributed by atoms with Gasteiger partial charge >= 0.3 is 5.97 Å². The Morgan fingerprint density at radius 3 is 2.70 bits per heavy atom. The van der Waals surface area contributed by atoms with E-state index in [1.54, 1.807) is 12.1 Å². The molecule has 100 valence electrons. The SMILES string of the molecule is N#C/C(N)=C(\C#N)N=CNc1cc(C(=O)O)ccc1Cl. The van der Waals surface area contributed by atoms with Crippen molar-refractivity contribution < 1.29 is 9.90 Å². The number of nitriles is 2. The first-order chi connectivity index (χ1) is 9.49. The lowest BCUT2D eigenvalue weighted by molar-refractivity contribution is 0.0697. The number of hydrogen-bond donors (Lipinski definition) is 3. The number of nitrogens with one attached hydrogen (secondary N) is 1. The van der Waals surface area contributed by atoms with E-state index >= 15 is 0 Å². The van der Waals surface area contributed by atoms with Gasteiger partial charge in [-0.3, -0.25) is 0 Å². The summed E-state index contributed by atoms with van der Waals surface area (Å²) < 4.78 is 0. The molecule has 0 saturated heterocycles. The standard InChI is InChI=1S/C12H8ClN5O2/c13-8-2-1-7(12(19)20)3-10(8)17-6-18-11(5-15)9(16)4-14/h1-3,6H,16H2,(H,17,18)(H,19,20)/b11-9-. The van der Waals surface area contributed by atoms with E-state index in [2.05, 4.69) is 10.3 Å². The maximum absolute atomic E-state index is 10.8. The molecule has 4 N–H and O–H groups in total. The van der Waals surface area contributed by atoms with E-state index in [0.29, 0.717) is 5.69 Å². The lowest BCUT2D eigenvalue weighted by Gasteiger charge is -2.04. The summed E-state index contributed by atoms with van der Waals surface area (Å²) in [5.74, 6) is -1.10. The topological polar surface area (TPSA) is 135 Å². The molecule has 1 aromatic carbocycles. The Hall–Kier alpha value is -3.03. The van der Waals surface area contributed by atoms with Gasteiger partial charge in [0.05, 0.1) is 22.6 Å². The monoisotopic (exact) mass is 289 g/mol. The molecule has 0 bridgehead atoms. The highest BCUT2D eigenvalue weighted by Crippen LogP contribution is 2.22. The Kier molecular flexibility index (Phi) is 5.10. The Bertz CT molecular complexity index is 682. The summed E-state index contributed by atoms with van der Waals surface area (Å²) in [6.07, 6.45) is 1.09. The van der Waals surface area contributed by atoms with Crippen molar-refractivity contribution in [2.24, 2.45) is 10.7 Å². The third-order valence-corrected chi connectivity index (χ3v) is 2.44. The lowest BCUT2D eigenvalue weighted by Crippen LogP contribution is -2.02. The molecule has 1 aromatic rings. The van der Waals surface area contributed by atoms with Gasteiger partial charge in [-0.2, -0.15) is 10.5 Å². The number of anilines is 1. The number of benzene rings is 1. The number of aromatic carboxylic acids is 1. The van der Waals surface area contributed by atoms with Crippen LogP contribution in [0.15, 0.2) is 34.6 Å². The van der Waals surface area contributed by atoms with Crippen LogP contribution in [-0.4, -0.2) is 17.4 Å². The normalized spacial score (nSPS) is 11.3. The Morgan fingerprint density at radius 2 is 2.15 bits per heavy atom. The van der Waals surface area contributed by atoms with Crippen LogP contribution in [0, 0.1) is 22.7 Å². The van der Waals surface area contributed by atoms with Crippen LogP contribution in [0.5, 0.6) is 0 Å². The van der Waals surface area contributed by atoms with Gasteiger partial charge in [0.15, 0.2) is 5.70 Å². The van der Waals surface area contributed by atoms with Gasteiger partial charge in [-0.15, -0.1) is 0 Å². The summed E-state index contributed by atoms with van der Waals surface area (Å²) in [4.78, 5) is 14.5. The first kappa shape index (κ1) is 15.0. The molecule has 8 heteroatoms. The first-order valence-corrected chi connectivity index (χ1v) is 5.49. The van der Waals surface area contributed by atoms with Crippen molar-refractivity contribution in [3.8, 4) is 12.1 Å². The molecule has 0 amide bonds. The number of halogens is 1. The van der Waals surface area contributed by atoms with E-state index in [4.69, 9.17) is 33.0 Å². The van der Waals surface area contributed by atoms with E-state index < -0.39 is 5.97 Å². The van der Waals surface area contributed by atoms with Crippen LogP contribution in [0.4, 0.5) is 5.69 Å². The molecule has 0 heterocycles. The van der Waals surface area contributed by atoms with E-state index in [0.717, 1.165) is 6.34 Å². The zero-order valence-corrected chi connectivity index (χ0v) is 10.7. The van der Waals surface area contributed by atoms with Crippen molar-refractivity contribution in [2.75, 3.05) is 5.32 Å². The average molecular weight is 290 g/mol. The quantitative estimate of drug-likeness (QED) is 0.438. The van der Waals surface area contributed by atoms with Crippen LogP contribution in [0.3, 0.4) is 0 Å². The van der Waals surface area contributed by atoms with Crippen molar-refractivity contribution in [1.82, 2.24) is 0 Å². The summed E-state index contributed by atoms with van der Waals surface area (Å²) >= 11 is 5.87. The van der Waals surface area contributed by atoms with Crippen LogP contribution in [0.1, 0.15) is 10.4 Å². The summed E-state index contributed by atoms with van der Waals surface area (Å²) in [6, 6.07) is 7.30. The molecule has 20 heavy (non-hydrogen) atoms. The summed E-state index contributed by atoms with van der Waals surface area (Å²) in [5.41, 5.74) is 5.00. The molecule has 0 radical (unpaired) electrons. The highest BCUT2D eigenvalue weighted by Gasteiger charge is 2.06. The fraction of sp³-hybridized carbons (Fsp3) is 0. The average Bonchev–Trinajstić information content (AvgIpc) is 2.44. The van der Waals surface area contributed by atoms with Gasteiger partial charge in [0.25, 0.3) is 0 Å². The zero-order valence-electron chi connectivity index (χ0n) is 9.96. The van der Waals surface area contributed by atoms with Gasteiger partial charge in [-0.25, -0.2) is 9.79 Å². The van der Waals surface area contributed by atoms with Crippen molar-refractivity contribution >= 4 is 29.6 Å². The number of aliphatic imine (C=N–C) groups is 1. The molecule has 0 aromatic heterocycles. The van der Waals surface area contributed by atoms with Crippen molar-refractivity contribution in [1.29, 1.82) is 10.5 Å². The van der Waals surface area contributed by atoms with Gasteiger partial charge in [0.1, 0.15) is 17.8 Å². The fourth-order valence-corrected chi connectivity index (χ4v) is 1.32. The molecule has 7 nitrogen and oxygen atoms in total. The highest BCUT2D eigenvalue weighted by atomic mass is 35.5. The summed E-state index contributed by atoms with van der Waals surface area (Å²) in [6.45, 7) is 0. The molecule has 0 saturated carbocycles. The predicted octanol–water partition coefficient (Wildman–Crippen LogP) is 1.70.